The van der Waals surface area contributed by atoms with E-state index in [2.05, 4.69) is 10.6 Å². The molecule has 0 bridgehead atoms. The molecule has 35 heavy (non-hydrogen) atoms. The summed E-state index contributed by atoms with van der Waals surface area (Å²) in [6, 6.07) is 8.17. The summed E-state index contributed by atoms with van der Waals surface area (Å²) in [7, 11) is 3.45. The number of anilines is 3. The van der Waals surface area contributed by atoms with Gasteiger partial charge >= 0.3 is 0 Å². The third kappa shape index (κ3) is 4.90. The predicted octanol–water partition coefficient (Wildman–Crippen LogP) is 4.04. The molecule has 2 aromatic heterocycles. The van der Waals surface area contributed by atoms with Gasteiger partial charge in [0.2, 0.25) is 5.91 Å². The van der Waals surface area contributed by atoms with Crippen LogP contribution in [0.1, 0.15) is 52.2 Å². The van der Waals surface area contributed by atoms with E-state index in [1.807, 2.05) is 6.92 Å². The van der Waals surface area contributed by atoms with Crippen LogP contribution in [0.5, 0.6) is 5.75 Å². The van der Waals surface area contributed by atoms with E-state index in [4.69, 9.17) is 11.6 Å². The first kappa shape index (κ1) is 24.4. The number of nitrogens with zero attached hydrogens (tertiary/aromatic N) is 3. The quantitative estimate of drug-likeness (QED) is 0.428. The SMILES string of the molecule is CCCC(=O)Nc1cc(C(=O)Nc2cc(C(=O)N3CC(CCl)c4ccc(O)cc43)n(C)c2)n(C)c1. The van der Waals surface area contributed by atoms with Crippen molar-refractivity contribution in [2.45, 2.75) is 25.7 Å². The number of carbonyl (C=O) groups excluding carboxylic acids is 3. The van der Waals surface area contributed by atoms with Crippen LogP contribution in [0.3, 0.4) is 0 Å². The van der Waals surface area contributed by atoms with Crippen LogP contribution < -0.4 is 15.5 Å². The van der Waals surface area contributed by atoms with Crippen molar-refractivity contribution in [1.29, 1.82) is 0 Å². The Bertz CT molecular complexity index is 1300. The van der Waals surface area contributed by atoms with Crippen LogP contribution in [0.15, 0.2) is 42.7 Å². The molecule has 1 atom stereocenters. The maximum absolute atomic E-state index is 13.4. The Labute approximate surface area is 208 Å². The maximum Gasteiger partial charge on any atom is 0.274 e. The lowest BCUT2D eigenvalue weighted by Crippen LogP contribution is -2.31. The van der Waals surface area contributed by atoms with Gasteiger partial charge in [0.25, 0.3) is 11.8 Å². The lowest BCUT2D eigenvalue weighted by atomic mass is 10.0. The molecule has 3 amide bonds. The Morgan fingerprint density at radius 2 is 1.69 bits per heavy atom. The van der Waals surface area contributed by atoms with Gasteiger partial charge in [-0.05, 0) is 30.2 Å². The lowest BCUT2D eigenvalue weighted by Gasteiger charge is -2.18. The molecule has 1 aromatic carbocycles. The number of nitrogens with one attached hydrogen (secondary N) is 2. The number of rotatable bonds is 7. The van der Waals surface area contributed by atoms with E-state index in [1.54, 1.807) is 70.9 Å². The number of fused-ring (bicyclic) bond motifs is 1. The molecule has 0 radical (unpaired) electrons. The summed E-state index contributed by atoms with van der Waals surface area (Å²) in [6.07, 6.45) is 4.48. The van der Waals surface area contributed by atoms with Crippen LogP contribution in [-0.2, 0) is 18.9 Å². The van der Waals surface area contributed by atoms with Crippen LogP contribution in [0, 0.1) is 0 Å². The molecule has 1 aliphatic heterocycles. The molecule has 9 nitrogen and oxygen atoms in total. The Kier molecular flexibility index (Phi) is 6.88. The average molecular weight is 498 g/mol. The number of phenols is 1. The molecule has 184 valence electrons. The number of amides is 3. The maximum atomic E-state index is 13.4. The van der Waals surface area contributed by atoms with E-state index in [1.165, 1.54) is 0 Å². The number of halogens is 1. The summed E-state index contributed by atoms with van der Waals surface area (Å²) >= 11 is 6.12. The summed E-state index contributed by atoms with van der Waals surface area (Å²) in [5.74, 6) is -0.332. The fourth-order valence-electron chi connectivity index (χ4n) is 4.34. The first-order valence-corrected chi connectivity index (χ1v) is 11.9. The highest BCUT2D eigenvalue weighted by Crippen LogP contribution is 2.40. The number of aromatic hydroxyl groups is 1. The largest absolute Gasteiger partial charge is 0.508 e. The monoisotopic (exact) mass is 497 g/mol. The number of hydrogen-bond acceptors (Lipinski definition) is 4. The molecule has 0 fully saturated rings. The molecule has 3 heterocycles. The first-order valence-electron chi connectivity index (χ1n) is 11.4. The zero-order chi connectivity index (χ0) is 25.3. The molecule has 1 unspecified atom stereocenters. The summed E-state index contributed by atoms with van der Waals surface area (Å²) in [5.41, 5.74) is 3.30. The van der Waals surface area contributed by atoms with Crippen molar-refractivity contribution in [3.8, 4) is 5.75 Å². The van der Waals surface area contributed by atoms with Gasteiger partial charge in [-0.3, -0.25) is 14.4 Å². The lowest BCUT2D eigenvalue weighted by molar-refractivity contribution is -0.116. The van der Waals surface area contributed by atoms with Gasteiger partial charge in [-0.15, -0.1) is 11.6 Å². The Balaban J connectivity index is 1.51. The molecule has 3 aromatic rings. The standard InChI is InChI=1S/C25H28ClN5O4/c1-4-5-23(33)27-16-8-21(29(2)13-16)24(34)28-17-9-22(30(3)14-17)25(35)31-12-15(11-26)19-7-6-18(32)10-20(19)31/h6-10,13-15,32H,4-5,11-12H2,1-3H3,(H,27,33)(H,28,34). The van der Waals surface area contributed by atoms with Gasteiger partial charge in [-0.2, -0.15) is 0 Å². The fraction of sp³-hybridized carbons (Fsp3) is 0.320. The van der Waals surface area contributed by atoms with Gasteiger partial charge in [-0.25, -0.2) is 0 Å². The predicted molar refractivity (Wildman–Crippen MR) is 136 cm³/mol. The topological polar surface area (TPSA) is 109 Å². The summed E-state index contributed by atoms with van der Waals surface area (Å²) in [4.78, 5) is 39.8. The van der Waals surface area contributed by atoms with Gasteiger partial charge in [0, 0.05) is 57.3 Å². The molecule has 0 spiro atoms. The minimum atomic E-state index is -0.369. The minimum Gasteiger partial charge on any atom is -0.508 e. The van der Waals surface area contributed by atoms with E-state index >= 15 is 0 Å². The molecule has 0 aliphatic carbocycles. The number of phenolic OH excluding ortho intramolecular Hbond substituents is 1. The van der Waals surface area contributed by atoms with Gasteiger partial charge in [0.05, 0.1) is 17.1 Å². The number of hydrogen-bond donors (Lipinski definition) is 3. The Hall–Kier alpha value is -3.72. The van der Waals surface area contributed by atoms with Crippen molar-refractivity contribution >= 4 is 46.4 Å². The van der Waals surface area contributed by atoms with Crippen LogP contribution >= 0.6 is 11.6 Å². The highest BCUT2D eigenvalue weighted by Gasteiger charge is 2.33. The molecular formula is C25H28ClN5O4. The van der Waals surface area contributed by atoms with Crippen LogP contribution in [0.4, 0.5) is 17.1 Å². The number of alkyl halides is 1. The second-order valence-electron chi connectivity index (χ2n) is 8.71. The molecule has 10 heteroatoms. The number of aryl methyl sites for hydroxylation is 2. The van der Waals surface area contributed by atoms with Crippen molar-refractivity contribution < 1.29 is 19.5 Å². The van der Waals surface area contributed by atoms with Gasteiger partial charge in [-0.1, -0.05) is 13.0 Å². The second kappa shape index (κ2) is 9.87. The zero-order valence-corrected chi connectivity index (χ0v) is 20.6. The van der Waals surface area contributed by atoms with E-state index < -0.39 is 0 Å². The Morgan fingerprint density at radius 1 is 1.03 bits per heavy atom. The van der Waals surface area contributed by atoms with Gasteiger partial charge in [0.15, 0.2) is 0 Å². The highest BCUT2D eigenvalue weighted by molar-refractivity contribution is 6.19. The smallest absolute Gasteiger partial charge is 0.274 e. The van der Waals surface area contributed by atoms with E-state index in [0.717, 1.165) is 12.0 Å². The average Bonchev–Trinajstić information content (AvgIpc) is 3.47. The zero-order valence-electron chi connectivity index (χ0n) is 19.8. The number of aromatic nitrogens is 2. The first-order chi connectivity index (χ1) is 16.7. The van der Waals surface area contributed by atoms with Crippen LogP contribution in [0.2, 0.25) is 0 Å². The van der Waals surface area contributed by atoms with Crippen molar-refractivity contribution in [1.82, 2.24) is 9.13 Å². The second-order valence-corrected chi connectivity index (χ2v) is 9.02. The summed E-state index contributed by atoms with van der Waals surface area (Å²) < 4.78 is 3.28. The Morgan fingerprint density at radius 3 is 2.37 bits per heavy atom. The molecule has 4 rings (SSSR count). The minimum absolute atomic E-state index is 0.0278. The third-order valence-corrected chi connectivity index (χ3v) is 6.43. The van der Waals surface area contributed by atoms with Gasteiger partial charge < -0.3 is 29.8 Å². The van der Waals surface area contributed by atoms with Crippen molar-refractivity contribution in [3.05, 3.63) is 59.7 Å². The summed E-state index contributed by atoms with van der Waals surface area (Å²) in [6.45, 7) is 2.33. The van der Waals surface area contributed by atoms with E-state index in [-0.39, 0.29) is 29.4 Å². The molecule has 0 saturated heterocycles. The van der Waals surface area contributed by atoms with E-state index in [0.29, 0.717) is 47.3 Å². The van der Waals surface area contributed by atoms with Crippen molar-refractivity contribution in [2.24, 2.45) is 14.1 Å². The number of benzene rings is 1. The highest BCUT2D eigenvalue weighted by atomic mass is 35.5. The van der Waals surface area contributed by atoms with Crippen LogP contribution in [-0.4, -0.2) is 44.4 Å². The molecule has 0 saturated carbocycles. The van der Waals surface area contributed by atoms with Crippen molar-refractivity contribution in [3.63, 3.8) is 0 Å². The molecular weight excluding hydrogens is 470 g/mol. The van der Waals surface area contributed by atoms with Crippen molar-refractivity contribution in [2.75, 3.05) is 28.0 Å². The van der Waals surface area contributed by atoms with E-state index in [9.17, 15) is 19.5 Å². The number of carbonyl (C=O) groups is 3. The fourth-order valence-corrected chi connectivity index (χ4v) is 4.60. The molecule has 1 aliphatic rings. The molecule has 3 N–H and O–H groups in total. The van der Waals surface area contributed by atoms with Gasteiger partial charge in [0.1, 0.15) is 17.1 Å². The normalized spacial score (nSPS) is 14.6. The third-order valence-electron chi connectivity index (χ3n) is 6.06. The summed E-state index contributed by atoms with van der Waals surface area (Å²) in [5, 5.41) is 15.5. The van der Waals surface area contributed by atoms with Crippen LogP contribution in [0.25, 0.3) is 0 Å².